The molecule has 1 unspecified atom stereocenters. The van der Waals surface area contributed by atoms with Gasteiger partial charge in [-0.3, -0.25) is 0 Å². The van der Waals surface area contributed by atoms with Crippen molar-refractivity contribution in [1.29, 1.82) is 0 Å². The van der Waals surface area contributed by atoms with Crippen LogP contribution < -0.4 is 5.32 Å². The molecule has 1 N–H and O–H groups in total. The van der Waals surface area contributed by atoms with Crippen molar-refractivity contribution in [1.82, 2.24) is 4.98 Å². The summed E-state index contributed by atoms with van der Waals surface area (Å²) in [6, 6.07) is 4.75. The Bertz CT molecular complexity index is 582. The van der Waals surface area contributed by atoms with E-state index in [4.69, 9.17) is 11.6 Å². The smallest absolute Gasteiger partial charge is 0.152 e. The zero-order chi connectivity index (χ0) is 14.0. The van der Waals surface area contributed by atoms with Gasteiger partial charge in [0.05, 0.1) is 11.7 Å². The quantitative estimate of drug-likeness (QED) is 0.839. The summed E-state index contributed by atoms with van der Waals surface area (Å²) in [6.07, 6.45) is 1.59. The number of nitrogens with zero attached hydrogens (tertiary/aromatic N) is 1. The van der Waals surface area contributed by atoms with Crippen LogP contribution in [0.3, 0.4) is 0 Å². The van der Waals surface area contributed by atoms with E-state index < -0.39 is 17.7 Å². The molecular formula is C14H13ClF2N2. The van der Waals surface area contributed by atoms with Gasteiger partial charge in [0, 0.05) is 11.8 Å². The number of hydrogen-bond acceptors (Lipinski definition) is 2. The largest absolute Gasteiger partial charge is 0.376 e. The molecule has 1 heterocycles. The second-order valence-electron chi connectivity index (χ2n) is 4.33. The number of anilines is 1. The molecule has 19 heavy (non-hydrogen) atoms. The van der Waals surface area contributed by atoms with E-state index in [-0.39, 0.29) is 5.56 Å². The first-order chi connectivity index (χ1) is 8.99. The normalized spacial score (nSPS) is 12.3. The van der Waals surface area contributed by atoms with Gasteiger partial charge in [-0.1, -0.05) is 11.6 Å². The third-order valence-electron chi connectivity index (χ3n) is 2.90. The molecule has 0 aliphatic carbocycles. The molecule has 100 valence electrons. The minimum absolute atomic E-state index is 0.249. The van der Waals surface area contributed by atoms with Crippen LogP contribution in [0, 0.1) is 18.6 Å². The molecule has 1 aromatic carbocycles. The Balaban J connectivity index is 2.31. The van der Waals surface area contributed by atoms with Crippen molar-refractivity contribution in [2.45, 2.75) is 19.9 Å². The Morgan fingerprint density at radius 1 is 1.26 bits per heavy atom. The van der Waals surface area contributed by atoms with Crippen molar-refractivity contribution in [3.8, 4) is 0 Å². The van der Waals surface area contributed by atoms with Crippen LogP contribution in [0.25, 0.3) is 0 Å². The van der Waals surface area contributed by atoms with Gasteiger partial charge < -0.3 is 5.32 Å². The number of aryl methyl sites for hydroxylation is 1. The number of benzene rings is 1. The van der Waals surface area contributed by atoms with Crippen molar-refractivity contribution >= 4 is 17.3 Å². The molecule has 0 aliphatic heterocycles. The molecule has 1 atom stereocenters. The first-order valence-electron chi connectivity index (χ1n) is 5.81. The van der Waals surface area contributed by atoms with Gasteiger partial charge in [-0.2, -0.15) is 0 Å². The number of hydrogen-bond donors (Lipinski definition) is 1. The molecular weight excluding hydrogens is 270 g/mol. The molecule has 0 radical (unpaired) electrons. The summed E-state index contributed by atoms with van der Waals surface area (Å²) >= 11 is 5.99. The van der Waals surface area contributed by atoms with Crippen molar-refractivity contribution in [2.24, 2.45) is 0 Å². The zero-order valence-electron chi connectivity index (χ0n) is 10.5. The van der Waals surface area contributed by atoms with Gasteiger partial charge in [0.15, 0.2) is 5.15 Å². The van der Waals surface area contributed by atoms with Crippen LogP contribution in [0.15, 0.2) is 30.5 Å². The number of pyridine rings is 1. The SMILES string of the molecule is Cc1ccnc(Cl)c1NC(C)c1cc(F)ccc1F. The highest BCUT2D eigenvalue weighted by Crippen LogP contribution is 2.28. The minimum Gasteiger partial charge on any atom is -0.376 e. The average molecular weight is 283 g/mol. The lowest BCUT2D eigenvalue weighted by atomic mass is 10.1. The van der Waals surface area contributed by atoms with E-state index in [9.17, 15) is 8.78 Å². The van der Waals surface area contributed by atoms with Crippen LogP contribution in [0.4, 0.5) is 14.5 Å². The fourth-order valence-corrected chi connectivity index (χ4v) is 2.10. The van der Waals surface area contributed by atoms with Gasteiger partial charge in [0.1, 0.15) is 11.6 Å². The Kier molecular flexibility index (Phi) is 4.00. The van der Waals surface area contributed by atoms with E-state index in [1.807, 2.05) is 6.92 Å². The molecule has 0 bridgehead atoms. The highest BCUT2D eigenvalue weighted by atomic mass is 35.5. The van der Waals surface area contributed by atoms with Crippen molar-refractivity contribution in [3.05, 3.63) is 58.4 Å². The van der Waals surface area contributed by atoms with Crippen molar-refractivity contribution < 1.29 is 8.78 Å². The maximum Gasteiger partial charge on any atom is 0.152 e. The third kappa shape index (κ3) is 3.01. The number of nitrogens with one attached hydrogen (secondary N) is 1. The van der Waals surface area contributed by atoms with Gasteiger partial charge in [0.25, 0.3) is 0 Å². The first kappa shape index (κ1) is 13.7. The number of halogens is 3. The van der Waals surface area contributed by atoms with Crippen molar-refractivity contribution in [2.75, 3.05) is 5.32 Å². The fourth-order valence-electron chi connectivity index (χ4n) is 1.84. The third-order valence-corrected chi connectivity index (χ3v) is 3.19. The summed E-state index contributed by atoms with van der Waals surface area (Å²) < 4.78 is 26.8. The topological polar surface area (TPSA) is 24.9 Å². The van der Waals surface area contributed by atoms with Crippen LogP contribution in [-0.2, 0) is 0 Å². The molecule has 1 aromatic heterocycles. The van der Waals surface area contributed by atoms with Crippen LogP contribution in [-0.4, -0.2) is 4.98 Å². The van der Waals surface area contributed by atoms with E-state index in [0.717, 1.165) is 17.7 Å². The van der Waals surface area contributed by atoms with Crippen LogP contribution in [0.5, 0.6) is 0 Å². The standard InChI is InChI=1S/C14H13ClF2N2/c1-8-5-6-18-14(15)13(8)19-9(2)11-7-10(16)3-4-12(11)17/h3-7,9,19H,1-2H3. The zero-order valence-corrected chi connectivity index (χ0v) is 11.3. The average Bonchev–Trinajstić information content (AvgIpc) is 2.37. The molecule has 0 saturated heterocycles. The lowest BCUT2D eigenvalue weighted by Gasteiger charge is -2.18. The molecule has 0 saturated carbocycles. The van der Waals surface area contributed by atoms with Gasteiger partial charge in [0.2, 0.25) is 0 Å². The van der Waals surface area contributed by atoms with Gasteiger partial charge in [-0.25, -0.2) is 13.8 Å². The molecule has 2 nitrogen and oxygen atoms in total. The molecule has 0 aliphatic rings. The molecule has 0 fully saturated rings. The Morgan fingerprint density at radius 2 is 2.00 bits per heavy atom. The van der Waals surface area contributed by atoms with Crippen LogP contribution in [0.2, 0.25) is 5.15 Å². The Hall–Kier alpha value is -1.68. The molecule has 5 heteroatoms. The maximum atomic E-state index is 13.7. The summed E-state index contributed by atoms with van der Waals surface area (Å²) in [7, 11) is 0. The summed E-state index contributed by atoms with van der Waals surface area (Å²) in [6.45, 7) is 3.60. The monoisotopic (exact) mass is 282 g/mol. The highest BCUT2D eigenvalue weighted by Gasteiger charge is 2.14. The fraction of sp³-hybridized carbons (Fsp3) is 0.214. The first-order valence-corrected chi connectivity index (χ1v) is 6.19. The second-order valence-corrected chi connectivity index (χ2v) is 4.68. The van der Waals surface area contributed by atoms with E-state index in [1.165, 1.54) is 6.07 Å². The molecule has 2 aromatic rings. The predicted molar refractivity (Wildman–Crippen MR) is 72.4 cm³/mol. The van der Waals surface area contributed by atoms with E-state index >= 15 is 0 Å². The van der Waals surface area contributed by atoms with Gasteiger partial charge in [-0.05, 0) is 43.7 Å². The molecule has 0 spiro atoms. The molecule has 2 rings (SSSR count). The summed E-state index contributed by atoms with van der Waals surface area (Å²) in [5.41, 5.74) is 1.77. The van der Waals surface area contributed by atoms with E-state index in [1.54, 1.807) is 19.2 Å². The summed E-state index contributed by atoms with van der Waals surface area (Å²) in [4.78, 5) is 3.96. The second kappa shape index (κ2) is 5.53. The minimum atomic E-state index is -0.473. The van der Waals surface area contributed by atoms with Crippen LogP contribution in [0.1, 0.15) is 24.1 Å². The van der Waals surface area contributed by atoms with E-state index in [0.29, 0.717) is 10.8 Å². The predicted octanol–water partition coefficient (Wildman–Crippen LogP) is 4.49. The summed E-state index contributed by atoms with van der Waals surface area (Å²) in [5.74, 6) is -0.932. The van der Waals surface area contributed by atoms with Crippen LogP contribution >= 0.6 is 11.6 Å². The Morgan fingerprint density at radius 3 is 2.68 bits per heavy atom. The van der Waals surface area contributed by atoms with Crippen molar-refractivity contribution in [3.63, 3.8) is 0 Å². The maximum absolute atomic E-state index is 13.7. The van der Waals surface area contributed by atoms with Gasteiger partial charge >= 0.3 is 0 Å². The lowest BCUT2D eigenvalue weighted by Crippen LogP contribution is -2.10. The lowest BCUT2D eigenvalue weighted by molar-refractivity contribution is 0.577. The van der Waals surface area contributed by atoms with E-state index in [2.05, 4.69) is 10.3 Å². The number of rotatable bonds is 3. The summed E-state index contributed by atoms with van der Waals surface area (Å²) in [5, 5.41) is 3.37. The highest BCUT2D eigenvalue weighted by molar-refractivity contribution is 6.32. The van der Waals surface area contributed by atoms with Gasteiger partial charge in [-0.15, -0.1) is 0 Å². The molecule has 0 amide bonds. The Labute approximate surface area is 115 Å². The number of aromatic nitrogens is 1.